The van der Waals surface area contributed by atoms with Crippen molar-refractivity contribution in [1.82, 2.24) is 0 Å². The number of rotatable bonds is 3. The summed E-state index contributed by atoms with van der Waals surface area (Å²) < 4.78 is 0.891. The summed E-state index contributed by atoms with van der Waals surface area (Å²) in [5.41, 5.74) is 6.84. The molecule has 1 amide bonds. The van der Waals surface area contributed by atoms with Crippen LogP contribution in [0, 0.1) is 5.41 Å². The zero-order valence-electron chi connectivity index (χ0n) is 11.5. The Bertz CT molecular complexity index is 539. The van der Waals surface area contributed by atoms with Crippen molar-refractivity contribution in [2.75, 3.05) is 5.32 Å². The summed E-state index contributed by atoms with van der Waals surface area (Å²) in [6, 6.07) is 5.55. The van der Waals surface area contributed by atoms with E-state index in [0.717, 1.165) is 30.2 Å². The zero-order chi connectivity index (χ0) is 14.8. The van der Waals surface area contributed by atoms with E-state index in [1.165, 1.54) is 6.42 Å². The van der Waals surface area contributed by atoms with Gasteiger partial charge in [-0.15, -0.1) is 0 Å². The van der Waals surface area contributed by atoms with Gasteiger partial charge in [-0.3, -0.25) is 4.79 Å². The fraction of sp³-hybridized carbons (Fsp3) is 0.467. The van der Waals surface area contributed by atoms with E-state index in [1.807, 2.05) is 25.1 Å². The molecule has 2 rings (SSSR count). The minimum Gasteiger partial charge on any atom is -0.389 e. The van der Waals surface area contributed by atoms with Crippen LogP contribution >= 0.6 is 28.1 Å². The topological polar surface area (TPSA) is 55.1 Å². The van der Waals surface area contributed by atoms with Crippen LogP contribution in [0.25, 0.3) is 0 Å². The Morgan fingerprint density at radius 1 is 1.35 bits per heavy atom. The molecule has 0 aliphatic heterocycles. The molecule has 1 fully saturated rings. The number of nitrogens with two attached hydrogens (primary N) is 1. The van der Waals surface area contributed by atoms with Crippen molar-refractivity contribution in [1.29, 1.82) is 0 Å². The highest BCUT2D eigenvalue weighted by molar-refractivity contribution is 9.10. The third kappa shape index (κ3) is 3.38. The number of hydrogen-bond acceptors (Lipinski definition) is 2. The number of carbonyl (C=O) groups is 1. The van der Waals surface area contributed by atoms with E-state index >= 15 is 0 Å². The molecule has 0 atom stereocenters. The Balaban J connectivity index is 2.21. The van der Waals surface area contributed by atoms with Crippen molar-refractivity contribution in [3.05, 3.63) is 28.2 Å². The lowest BCUT2D eigenvalue weighted by Gasteiger charge is -2.32. The molecule has 1 aliphatic carbocycles. The molecule has 3 nitrogen and oxygen atoms in total. The molecule has 0 saturated heterocycles. The molecule has 1 aliphatic rings. The van der Waals surface area contributed by atoms with Gasteiger partial charge < -0.3 is 11.1 Å². The summed E-state index contributed by atoms with van der Waals surface area (Å²) in [5, 5.41) is 3.00. The minimum absolute atomic E-state index is 0.0667. The fourth-order valence-corrected chi connectivity index (χ4v) is 3.19. The number of carbonyl (C=O) groups excluding carboxylic acids is 1. The molecule has 0 heterocycles. The number of nitrogens with one attached hydrogen (secondary N) is 1. The second kappa shape index (κ2) is 6.22. The van der Waals surface area contributed by atoms with E-state index in [2.05, 4.69) is 21.2 Å². The average molecular weight is 355 g/mol. The molecule has 0 aromatic heterocycles. The van der Waals surface area contributed by atoms with Gasteiger partial charge in [0.1, 0.15) is 4.99 Å². The van der Waals surface area contributed by atoms with Crippen LogP contribution in [0.2, 0.25) is 0 Å². The van der Waals surface area contributed by atoms with E-state index in [9.17, 15) is 4.79 Å². The van der Waals surface area contributed by atoms with Gasteiger partial charge in [0.2, 0.25) is 5.91 Å². The monoisotopic (exact) mass is 354 g/mol. The number of thiocarbonyl (C=S) groups is 1. The van der Waals surface area contributed by atoms with Gasteiger partial charge in [0.05, 0.1) is 5.69 Å². The van der Waals surface area contributed by atoms with Crippen molar-refractivity contribution >= 4 is 44.7 Å². The molecule has 0 bridgehead atoms. The van der Waals surface area contributed by atoms with Crippen LogP contribution in [-0.4, -0.2) is 10.9 Å². The first-order valence-electron chi connectivity index (χ1n) is 6.83. The largest absolute Gasteiger partial charge is 0.389 e. The number of hydrogen-bond donors (Lipinski definition) is 2. The van der Waals surface area contributed by atoms with Gasteiger partial charge in [0.25, 0.3) is 0 Å². The number of amides is 1. The lowest BCUT2D eigenvalue weighted by molar-refractivity contribution is -0.126. The van der Waals surface area contributed by atoms with Gasteiger partial charge in [-0.2, -0.15) is 0 Å². The number of benzene rings is 1. The second-order valence-corrected chi connectivity index (χ2v) is 6.99. The first-order valence-corrected chi connectivity index (χ1v) is 8.03. The van der Waals surface area contributed by atoms with Crippen LogP contribution in [-0.2, 0) is 4.79 Å². The molecule has 1 aromatic carbocycles. The molecule has 108 valence electrons. The Morgan fingerprint density at radius 3 is 2.60 bits per heavy atom. The summed E-state index contributed by atoms with van der Waals surface area (Å²) in [6.07, 6.45) is 5.34. The standard InChI is InChI=1S/C15H19BrN2OS/c1-15(7-3-2-4-8-15)14(19)18-12-6-5-10(16)9-11(12)13(17)20/h5-6,9H,2-4,7-8H2,1H3,(H2,17,20)(H,18,19). The first-order chi connectivity index (χ1) is 9.42. The maximum atomic E-state index is 12.5. The van der Waals surface area contributed by atoms with Gasteiger partial charge in [-0.1, -0.05) is 54.3 Å². The van der Waals surface area contributed by atoms with E-state index in [4.69, 9.17) is 18.0 Å². The molecular formula is C15H19BrN2OS. The Kier molecular flexibility index (Phi) is 4.81. The van der Waals surface area contributed by atoms with Crippen molar-refractivity contribution in [2.45, 2.75) is 39.0 Å². The van der Waals surface area contributed by atoms with Crippen LogP contribution in [0.3, 0.4) is 0 Å². The van der Waals surface area contributed by atoms with Crippen LogP contribution in [0.15, 0.2) is 22.7 Å². The molecule has 0 unspecified atom stereocenters. The highest BCUT2D eigenvalue weighted by Gasteiger charge is 2.34. The molecule has 5 heteroatoms. The van der Waals surface area contributed by atoms with Crippen LogP contribution in [0.1, 0.15) is 44.6 Å². The summed E-state index contributed by atoms with van der Waals surface area (Å²) in [7, 11) is 0. The average Bonchev–Trinajstić information content (AvgIpc) is 2.41. The van der Waals surface area contributed by atoms with Crippen LogP contribution in [0.4, 0.5) is 5.69 Å². The third-order valence-electron chi connectivity index (χ3n) is 4.00. The van der Waals surface area contributed by atoms with Crippen molar-refractivity contribution in [3.8, 4) is 0 Å². The van der Waals surface area contributed by atoms with Gasteiger partial charge in [-0.25, -0.2) is 0 Å². The molecule has 0 spiro atoms. The van der Waals surface area contributed by atoms with Gasteiger partial charge >= 0.3 is 0 Å². The quantitative estimate of drug-likeness (QED) is 0.806. The Hall–Kier alpha value is -0.940. The predicted octanol–water partition coefficient (Wildman–Crippen LogP) is 3.99. The Morgan fingerprint density at radius 2 is 2.00 bits per heavy atom. The minimum atomic E-state index is -0.279. The van der Waals surface area contributed by atoms with E-state index in [0.29, 0.717) is 11.3 Å². The molecule has 3 N–H and O–H groups in total. The summed E-state index contributed by atoms with van der Waals surface area (Å²) in [4.78, 5) is 12.8. The zero-order valence-corrected chi connectivity index (χ0v) is 13.9. The van der Waals surface area contributed by atoms with Gasteiger partial charge in [-0.05, 0) is 31.0 Å². The lowest BCUT2D eigenvalue weighted by Crippen LogP contribution is -2.35. The van der Waals surface area contributed by atoms with Crippen LogP contribution in [0.5, 0.6) is 0 Å². The van der Waals surface area contributed by atoms with E-state index in [-0.39, 0.29) is 16.3 Å². The molecular weight excluding hydrogens is 336 g/mol. The second-order valence-electron chi connectivity index (χ2n) is 5.63. The van der Waals surface area contributed by atoms with E-state index in [1.54, 1.807) is 0 Å². The van der Waals surface area contributed by atoms with E-state index < -0.39 is 0 Å². The van der Waals surface area contributed by atoms with Crippen molar-refractivity contribution < 1.29 is 4.79 Å². The number of halogens is 1. The summed E-state index contributed by atoms with van der Waals surface area (Å²) in [5.74, 6) is 0.0667. The predicted molar refractivity (Wildman–Crippen MR) is 89.9 cm³/mol. The Labute approximate surface area is 133 Å². The summed E-state index contributed by atoms with van der Waals surface area (Å²) in [6.45, 7) is 2.04. The van der Waals surface area contributed by atoms with Gasteiger partial charge in [0, 0.05) is 15.5 Å². The smallest absolute Gasteiger partial charge is 0.230 e. The van der Waals surface area contributed by atoms with Crippen molar-refractivity contribution in [2.24, 2.45) is 11.1 Å². The lowest BCUT2D eigenvalue weighted by atomic mass is 9.75. The fourth-order valence-electron chi connectivity index (χ4n) is 2.66. The normalized spacial score (nSPS) is 17.5. The maximum absolute atomic E-state index is 12.5. The molecule has 0 radical (unpaired) electrons. The molecule has 1 saturated carbocycles. The first kappa shape index (κ1) is 15.4. The third-order valence-corrected chi connectivity index (χ3v) is 4.71. The molecule has 1 aromatic rings. The van der Waals surface area contributed by atoms with Crippen LogP contribution < -0.4 is 11.1 Å². The number of anilines is 1. The van der Waals surface area contributed by atoms with Crippen molar-refractivity contribution in [3.63, 3.8) is 0 Å². The maximum Gasteiger partial charge on any atom is 0.230 e. The van der Waals surface area contributed by atoms with Gasteiger partial charge in [0.15, 0.2) is 0 Å². The highest BCUT2D eigenvalue weighted by atomic mass is 79.9. The highest BCUT2D eigenvalue weighted by Crippen LogP contribution is 2.37. The molecule has 20 heavy (non-hydrogen) atoms. The SMILES string of the molecule is CC1(C(=O)Nc2ccc(Br)cc2C(N)=S)CCCCC1. The summed E-state index contributed by atoms with van der Waals surface area (Å²) >= 11 is 8.44.